The van der Waals surface area contributed by atoms with Crippen LogP contribution in [0.25, 0.3) is 0 Å². The van der Waals surface area contributed by atoms with Crippen molar-refractivity contribution < 1.29 is 17.9 Å². The maximum atomic E-state index is 12.5. The smallest absolute Gasteiger partial charge is 0.240 e. The summed E-state index contributed by atoms with van der Waals surface area (Å²) in [5.41, 5.74) is 0.201. The number of rotatable bonds is 7. The summed E-state index contributed by atoms with van der Waals surface area (Å²) in [5.74, 6) is -0.156. The van der Waals surface area contributed by atoms with E-state index in [0.29, 0.717) is 18.7 Å². The third-order valence-electron chi connectivity index (χ3n) is 4.30. The molecule has 1 aromatic rings. The second-order valence-corrected chi connectivity index (χ2v) is 7.86. The van der Waals surface area contributed by atoms with Crippen LogP contribution in [-0.2, 0) is 14.8 Å². The summed E-state index contributed by atoms with van der Waals surface area (Å²) in [7, 11) is -2.02. The molecule has 0 atom stereocenters. The predicted octanol–water partition coefficient (Wildman–Crippen LogP) is 1.61. The van der Waals surface area contributed by atoms with Gasteiger partial charge in [-0.2, -0.15) is 0 Å². The van der Waals surface area contributed by atoms with Crippen LogP contribution in [0.15, 0.2) is 29.2 Å². The average molecular weight is 377 g/mol. The number of halogens is 1. The third-order valence-corrected chi connectivity index (χ3v) is 5.70. The standard InChI is InChI=1S/C16H24N2O4S.ClH/c1-13(19)14-4-3-5-15(10-14)23(20,21)18-11-16(12-22-2)6-8-17-9-7-16;/h3-5,10,17-18H,6-9,11-12H2,1-2H3;1H. The molecule has 1 aliphatic rings. The summed E-state index contributed by atoms with van der Waals surface area (Å²) in [6.45, 7) is 3.97. The Labute approximate surface area is 149 Å². The van der Waals surface area contributed by atoms with Crippen LogP contribution in [0.5, 0.6) is 0 Å². The number of sulfonamides is 1. The number of hydrogen-bond acceptors (Lipinski definition) is 5. The minimum atomic E-state index is -3.65. The zero-order chi connectivity index (χ0) is 16.9. The second kappa shape index (κ2) is 8.92. The monoisotopic (exact) mass is 376 g/mol. The molecule has 0 amide bonds. The Bertz CT molecular complexity index is 652. The number of ether oxygens (including phenoxy) is 1. The van der Waals surface area contributed by atoms with Gasteiger partial charge in [-0.1, -0.05) is 12.1 Å². The first kappa shape index (κ1) is 21.1. The fraction of sp³-hybridized carbons (Fsp3) is 0.562. The van der Waals surface area contributed by atoms with Crippen molar-refractivity contribution >= 4 is 28.2 Å². The highest BCUT2D eigenvalue weighted by molar-refractivity contribution is 7.89. The molecule has 0 bridgehead atoms. The van der Waals surface area contributed by atoms with Crippen LogP contribution in [0, 0.1) is 5.41 Å². The van der Waals surface area contributed by atoms with Gasteiger partial charge in [0.1, 0.15) is 0 Å². The van der Waals surface area contributed by atoms with Crippen LogP contribution in [0.2, 0.25) is 0 Å². The molecular formula is C16H25ClN2O4S. The van der Waals surface area contributed by atoms with Gasteiger partial charge in [0.15, 0.2) is 5.78 Å². The van der Waals surface area contributed by atoms with Crippen LogP contribution >= 0.6 is 12.4 Å². The summed E-state index contributed by atoms with van der Waals surface area (Å²) in [6.07, 6.45) is 1.72. The van der Waals surface area contributed by atoms with Crippen LogP contribution in [-0.4, -0.2) is 47.6 Å². The Hall–Kier alpha value is -0.990. The van der Waals surface area contributed by atoms with Gasteiger partial charge >= 0.3 is 0 Å². The Balaban J connectivity index is 0.00000288. The normalized spacial score (nSPS) is 17.1. The fourth-order valence-corrected chi connectivity index (χ4v) is 4.05. The largest absolute Gasteiger partial charge is 0.384 e. The average Bonchev–Trinajstić information content (AvgIpc) is 2.54. The minimum absolute atomic E-state index is 0. The topological polar surface area (TPSA) is 84.5 Å². The van der Waals surface area contributed by atoms with Crippen molar-refractivity contribution in [3.05, 3.63) is 29.8 Å². The Morgan fingerprint density at radius 3 is 2.58 bits per heavy atom. The molecule has 6 nitrogen and oxygen atoms in total. The summed E-state index contributed by atoms with van der Waals surface area (Å²) in [6, 6.07) is 6.11. The molecule has 1 aliphatic heterocycles. The van der Waals surface area contributed by atoms with Crippen molar-refractivity contribution in [2.75, 3.05) is 33.4 Å². The van der Waals surface area contributed by atoms with Crippen LogP contribution in [0.3, 0.4) is 0 Å². The van der Waals surface area contributed by atoms with Gasteiger partial charge in [0, 0.05) is 24.6 Å². The lowest BCUT2D eigenvalue weighted by Crippen LogP contribution is -2.47. The van der Waals surface area contributed by atoms with Gasteiger partial charge < -0.3 is 10.1 Å². The fourth-order valence-electron chi connectivity index (χ4n) is 2.85. The highest BCUT2D eigenvalue weighted by atomic mass is 35.5. The van der Waals surface area contributed by atoms with Crippen molar-refractivity contribution in [1.29, 1.82) is 0 Å². The molecule has 0 unspecified atom stereocenters. The molecule has 24 heavy (non-hydrogen) atoms. The number of benzene rings is 1. The molecule has 1 saturated heterocycles. The van der Waals surface area contributed by atoms with Crippen molar-refractivity contribution in [1.82, 2.24) is 10.0 Å². The first-order valence-corrected chi connectivity index (χ1v) is 9.17. The van der Waals surface area contributed by atoms with Gasteiger partial charge in [-0.25, -0.2) is 13.1 Å². The quantitative estimate of drug-likeness (QED) is 0.706. The maximum absolute atomic E-state index is 12.5. The van der Waals surface area contributed by atoms with Gasteiger partial charge in [-0.05, 0) is 45.0 Å². The van der Waals surface area contributed by atoms with Gasteiger partial charge in [0.2, 0.25) is 10.0 Å². The van der Waals surface area contributed by atoms with E-state index in [-0.39, 0.29) is 28.5 Å². The number of ketones is 1. The summed E-state index contributed by atoms with van der Waals surface area (Å²) in [4.78, 5) is 11.5. The first-order valence-electron chi connectivity index (χ1n) is 7.69. The van der Waals surface area contributed by atoms with Crippen molar-refractivity contribution in [3.8, 4) is 0 Å². The van der Waals surface area contributed by atoms with E-state index < -0.39 is 10.0 Å². The van der Waals surface area contributed by atoms with Gasteiger partial charge in [0.05, 0.1) is 11.5 Å². The SMILES string of the molecule is COCC1(CNS(=O)(=O)c2cccc(C(C)=O)c2)CCNCC1.Cl. The van der Waals surface area contributed by atoms with E-state index in [0.717, 1.165) is 25.9 Å². The zero-order valence-electron chi connectivity index (χ0n) is 14.0. The molecule has 0 saturated carbocycles. The lowest BCUT2D eigenvalue weighted by molar-refractivity contribution is 0.0577. The molecule has 2 N–H and O–H groups in total. The summed E-state index contributed by atoms with van der Waals surface area (Å²) >= 11 is 0. The number of methoxy groups -OCH3 is 1. The van der Waals surface area contributed by atoms with E-state index in [1.165, 1.54) is 19.1 Å². The lowest BCUT2D eigenvalue weighted by Gasteiger charge is -2.37. The molecule has 0 spiro atoms. The van der Waals surface area contributed by atoms with Crippen LogP contribution in [0.1, 0.15) is 30.1 Å². The molecule has 8 heteroatoms. The number of carbonyl (C=O) groups excluding carboxylic acids is 1. The zero-order valence-corrected chi connectivity index (χ0v) is 15.6. The van der Waals surface area contributed by atoms with E-state index in [1.54, 1.807) is 19.2 Å². The first-order chi connectivity index (χ1) is 10.9. The highest BCUT2D eigenvalue weighted by Gasteiger charge is 2.33. The Morgan fingerprint density at radius 2 is 2.00 bits per heavy atom. The van der Waals surface area contributed by atoms with Gasteiger partial charge in [-0.3, -0.25) is 4.79 Å². The third kappa shape index (κ3) is 5.26. The van der Waals surface area contributed by atoms with Crippen molar-refractivity contribution in [2.45, 2.75) is 24.7 Å². The molecule has 0 aliphatic carbocycles. The maximum Gasteiger partial charge on any atom is 0.240 e. The number of piperidine rings is 1. The summed E-state index contributed by atoms with van der Waals surface area (Å²) < 4.78 is 33.0. The molecule has 136 valence electrons. The molecule has 1 aromatic carbocycles. The molecule has 0 aromatic heterocycles. The predicted molar refractivity (Wildman–Crippen MR) is 95.3 cm³/mol. The Morgan fingerprint density at radius 1 is 1.33 bits per heavy atom. The van der Waals surface area contributed by atoms with Crippen LogP contribution in [0.4, 0.5) is 0 Å². The minimum Gasteiger partial charge on any atom is -0.384 e. The van der Waals surface area contributed by atoms with Crippen molar-refractivity contribution in [2.24, 2.45) is 5.41 Å². The lowest BCUT2D eigenvalue weighted by atomic mass is 9.80. The van der Waals surface area contributed by atoms with E-state index in [2.05, 4.69) is 10.0 Å². The van der Waals surface area contributed by atoms with E-state index >= 15 is 0 Å². The number of carbonyl (C=O) groups is 1. The van der Waals surface area contributed by atoms with E-state index in [4.69, 9.17) is 4.74 Å². The highest BCUT2D eigenvalue weighted by Crippen LogP contribution is 2.29. The molecule has 1 fully saturated rings. The van der Waals surface area contributed by atoms with Gasteiger partial charge in [-0.15, -0.1) is 12.4 Å². The van der Waals surface area contributed by atoms with Crippen molar-refractivity contribution in [3.63, 3.8) is 0 Å². The molecule has 2 rings (SSSR count). The van der Waals surface area contributed by atoms with Crippen LogP contribution < -0.4 is 10.0 Å². The van der Waals surface area contributed by atoms with E-state index in [1.807, 2.05) is 0 Å². The number of Topliss-reactive ketones (excluding diaryl/α,β-unsaturated/α-hetero) is 1. The van der Waals surface area contributed by atoms with Gasteiger partial charge in [0.25, 0.3) is 0 Å². The second-order valence-electron chi connectivity index (χ2n) is 6.09. The Kier molecular flexibility index (Phi) is 7.82. The molecule has 1 heterocycles. The molecular weight excluding hydrogens is 352 g/mol. The van der Waals surface area contributed by atoms with E-state index in [9.17, 15) is 13.2 Å². The number of hydrogen-bond donors (Lipinski definition) is 2. The summed E-state index contributed by atoms with van der Waals surface area (Å²) in [5, 5.41) is 3.28. The number of nitrogens with one attached hydrogen (secondary N) is 2. The molecule has 0 radical (unpaired) electrons.